The van der Waals surface area contributed by atoms with E-state index < -0.39 is 17.2 Å². The molecular formula is C23H33NO5S. The fourth-order valence-electron chi connectivity index (χ4n) is 5.02. The summed E-state index contributed by atoms with van der Waals surface area (Å²) >= 11 is -1.61. The zero-order valence-corrected chi connectivity index (χ0v) is 18.8. The first kappa shape index (κ1) is 22.8. The third-order valence-electron chi connectivity index (χ3n) is 6.93. The van der Waals surface area contributed by atoms with E-state index in [1.54, 1.807) is 31.4 Å². The zero-order valence-electron chi connectivity index (χ0n) is 18.0. The van der Waals surface area contributed by atoms with Crippen molar-refractivity contribution in [2.75, 3.05) is 7.11 Å². The molecule has 7 heteroatoms. The smallest absolute Gasteiger partial charge is 0.303 e. The monoisotopic (exact) mass is 435 g/mol. The number of aliphatic carboxylic acids is 1. The summed E-state index contributed by atoms with van der Waals surface area (Å²) in [4.78, 5) is 10.6. The van der Waals surface area contributed by atoms with E-state index in [1.165, 1.54) is 6.42 Å². The van der Waals surface area contributed by atoms with Crippen molar-refractivity contribution < 1.29 is 23.0 Å². The summed E-state index contributed by atoms with van der Waals surface area (Å²) in [5, 5.41) is 8.74. The van der Waals surface area contributed by atoms with Gasteiger partial charge in [0, 0.05) is 12.5 Å². The number of methoxy groups -OCH3 is 1. The van der Waals surface area contributed by atoms with E-state index >= 15 is 0 Å². The van der Waals surface area contributed by atoms with Crippen molar-refractivity contribution in [2.45, 2.75) is 58.4 Å². The summed E-state index contributed by atoms with van der Waals surface area (Å²) in [7, 11) is 1.60. The molecule has 0 amide bonds. The van der Waals surface area contributed by atoms with E-state index in [1.807, 2.05) is 0 Å². The second kappa shape index (κ2) is 9.96. The van der Waals surface area contributed by atoms with Gasteiger partial charge in [0.05, 0.1) is 7.11 Å². The van der Waals surface area contributed by atoms with E-state index in [2.05, 4.69) is 30.7 Å². The summed E-state index contributed by atoms with van der Waals surface area (Å²) in [5.41, 5.74) is 0.318. The molecule has 166 valence electrons. The Hall–Kier alpha value is -1.86. The Morgan fingerprint density at radius 1 is 1.23 bits per heavy atom. The number of nitrogens with one attached hydrogen (secondary N) is 1. The first-order valence-electron chi connectivity index (χ1n) is 10.7. The minimum Gasteiger partial charge on any atom is -0.497 e. The SMILES string of the molecule is COc1ccc(OS(=O)NC2C[C@H]3C[C@@H](C2CC=CCCCC(=O)O)C3(C)C)cc1. The molecule has 0 spiro atoms. The van der Waals surface area contributed by atoms with Crippen molar-refractivity contribution in [1.29, 1.82) is 0 Å². The lowest BCUT2D eigenvalue weighted by Gasteiger charge is -2.62. The highest BCUT2D eigenvalue weighted by Crippen LogP contribution is 2.62. The number of unbranched alkanes of at least 4 members (excludes halogenated alkanes) is 1. The van der Waals surface area contributed by atoms with Crippen LogP contribution in [0.2, 0.25) is 0 Å². The van der Waals surface area contributed by atoms with Crippen LogP contribution in [0.15, 0.2) is 36.4 Å². The lowest BCUT2D eigenvalue weighted by Crippen LogP contribution is -2.61. The number of fused-ring (bicyclic) bond motifs is 2. The summed E-state index contributed by atoms with van der Waals surface area (Å²) in [6.45, 7) is 4.69. The van der Waals surface area contributed by atoms with Gasteiger partial charge in [-0.15, -0.1) is 0 Å². The molecule has 1 aromatic rings. The molecule has 2 N–H and O–H groups in total. The molecule has 2 bridgehead atoms. The van der Waals surface area contributed by atoms with Crippen molar-refractivity contribution in [3.63, 3.8) is 0 Å². The van der Waals surface area contributed by atoms with E-state index in [-0.39, 0.29) is 12.5 Å². The van der Waals surface area contributed by atoms with Gasteiger partial charge in [0.15, 0.2) is 0 Å². The Bertz CT molecular complexity index is 776. The summed E-state index contributed by atoms with van der Waals surface area (Å²) in [5.74, 6) is 2.15. The van der Waals surface area contributed by atoms with Crippen LogP contribution in [0, 0.1) is 23.2 Å². The van der Waals surface area contributed by atoms with E-state index in [0.29, 0.717) is 35.3 Å². The van der Waals surface area contributed by atoms with Crippen LogP contribution in [0.1, 0.15) is 52.4 Å². The van der Waals surface area contributed by atoms with Gasteiger partial charge in [-0.3, -0.25) is 4.79 Å². The Balaban J connectivity index is 1.56. The van der Waals surface area contributed by atoms with Crippen molar-refractivity contribution in [3.8, 4) is 11.5 Å². The third kappa shape index (κ3) is 5.43. The molecule has 0 saturated heterocycles. The minimum atomic E-state index is -1.61. The first-order valence-corrected chi connectivity index (χ1v) is 11.8. The van der Waals surface area contributed by atoms with Gasteiger partial charge in [-0.2, -0.15) is 4.21 Å². The van der Waals surface area contributed by atoms with Gasteiger partial charge >= 0.3 is 5.97 Å². The van der Waals surface area contributed by atoms with Crippen molar-refractivity contribution in [1.82, 2.24) is 4.72 Å². The molecule has 30 heavy (non-hydrogen) atoms. The van der Waals surface area contributed by atoms with Crippen molar-refractivity contribution in [2.24, 2.45) is 23.2 Å². The molecule has 5 atom stereocenters. The van der Waals surface area contributed by atoms with Gasteiger partial charge in [0.1, 0.15) is 11.5 Å². The van der Waals surface area contributed by atoms with Crippen molar-refractivity contribution >= 4 is 17.2 Å². The molecule has 0 aliphatic heterocycles. The number of carbonyl (C=O) groups is 1. The average molecular weight is 436 g/mol. The standard InChI is InChI=1S/C23H33NO5S/c1-23(2)16-14-20(23)19(8-6-4-5-7-9-22(25)26)21(15-16)24-30(27)29-18-12-10-17(28-3)11-13-18/h4,6,10-13,16,19-21,24H,5,7-9,14-15H2,1-3H3,(H,25,26)/t16-,19?,20+,21?,30?/m1/s1. The fraction of sp³-hybridized carbons (Fsp3) is 0.609. The van der Waals surface area contributed by atoms with Crippen LogP contribution in [0.5, 0.6) is 11.5 Å². The molecule has 3 aliphatic rings. The highest BCUT2D eigenvalue weighted by atomic mass is 32.2. The molecule has 3 unspecified atom stereocenters. The van der Waals surface area contributed by atoms with Gasteiger partial charge < -0.3 is 14.0 Å². The summed E-state index contributed by atoms with van der Waals surface area (Å²) in [6.07, 6.45) is 9.04. The number of hydrogen-bond acceptors (Lipinski definition) is 4. The molecule has 3 aliphatic carbocycles. The Morgan fingerprint density at radius 3 is 2.57 bits per heavy atom. The molecule has 0 radical (unpaired) electrons. The maximum absolute atomic E-state index is 12.6. The lowest BCUT2D eigenvalue weighted by atomic mass is 9.44. The predicted octanol–water partition coefficient (Wildman–Crippen LogP) is 4.49. The number of ether oxygens (including phenoxy) is 1. The molecular weight excluding hydrogens is 402 g/mol. The number of carboxylic acid groups (broad SMARTS) is 1. The zero-order chi connectivity index (χ0) is 21.7. The fourth-order valence-corrected chi connectivity index (χ4v) is 5.87. The number of allylic oxidation sites excluding steroid dienone is 2. The van der Waals surface area contributed by atoms with E-state index in [4.69, 9.17) is 14.0 Å². The summed E-state index contributed by atoms with van der Waals surface area (Å²) in [6, 6.07) is 7.20. The predicted molar refractivity (Wildman–Crippen MR) is 117 cm³/mol. The highest BCUT2D eigenvalue weighted by molar-refractivity contribution is 7.78. The minimum absolute atomic E-state index is 0.143. The Morgan fingerprint density at radius 2 is 1.93 bits per heavy atom. The first-order chi connectivity index (χ1) is 14.3. The number of benzene rings is 1. The maximum atomic E-state index is 12.6. The van der Waals surface area contributed by atoms with Gasteiger partial charge in [-0.25, -0.2) is 4.72 Å². The van der Waals surface area contributed by atoms with Crippen LogP contribution in [0.25, 0.3) is 0 Å². The molecule has 0 heterocycles. The van der Waals surface area contributed by atoms with Crippen LogP contribution in [0.4, 0.5) is 0 Å². The third-order valence-corrected chi connectivity index (χ3v) is 7.77. The van der Waals surface area contributed by atoms with Gasteiger partial charge in [-0.1, -0.05) is 26.0 Å². The molecule has 0 aromatic heterocycles. The quantitative estimate of drug-likeness (QED) is 0.395. The highest BCUT2D eigenvalue weighted by Gasteiger charge is 2.57. The van der Waals surface area contributed by atoms with Gasteiger partial charge in [0.25, 0.3) is 11.3 Å². The normalized spacial score (nSPS) is 28.0. The molecule has 4 rings (SSSR count). The molecule has 1 aromatic carbocycles. The number of hydrogen-bond donors (Lipinski definition) is 2. The lowest BCUT2D eigenvalue weighted by molar-refractivity contribution is -0.137. The average Bonchev–Trinajstić information content (AvgIpc) is 2.71. The topological polar surface area (TPSA) is 84.9 Å². The van der Waals surface area contributed by atoms with Crippen molar-refractivity contribution in [3.05, 3.63) is 36.4 Å². The van der Waals surface area contributed by atoms with Crippen LogP contribution >= 0.6 is 0 Å². The van der Waals surface area contributed by atoms with Crippen LogP contribution in [-0.4, -0.2) is 28.4 Å². The van der Waals surface area contributed by atoms with Gasteiger partial charge in [0.2, 0.25) is 0 Å². The Kier molecular flexibility index (Phi) is 7.58. The summed E-state index contributed by atoms with van der Waals surface area (Å²) < 4.78 is 26.6. The van der Waals surface area contributed by atoms with Gasteiger partial charge in [-0.05, 0) is 79.5 Å². The molecule has 3 saturated carbocycles. The van der Waals surface area contributed by atoms with Crippen LogP contribution in [0.3, 0.4) is 0 Å². The van der Waals surface area contributed by atoms with E-state index in [9.17, 15) is 9.00 Å². The maximum Gasteiger partial charge on any atom is 0.303 e. The Labute approximate surface area is 181 Å². The second-order valence-electron chi connectivity index (χ2n) is 8.97. The number of rotatable bonds is 11. The van der Waals surface area contributed by atoms with Crippen LogP contribution in [-0.2, 0) is 16.1 Å². The molecule has 6 nitrogen and oxygen atoms in total. The largest absolute Gasteiger partial charge is 0.497 e. The molecule has 3 fully saturated rings. The van der Waals surface area contributed by atoms with E-state index in [0.717, 1.165) is 25.0 Å². The number of carboxylic acids is 1. The van der Waals surface area contributed by atoms with Crippen LogP contribution < -0.4 is 13.6 Å². The second-order valence-corrected chi connectivity index (χ2v) is 9.84.